The van der Waals surface area contributed by atoms with Gasteiger partial charge in [-0.2, -0.15) is 0 Å². The second-order valence-electron chi connectivity index (χ2n) is 2.35. The highest BCUT2D eigenvalue weighted by molar-refractivity contribution is 9.10. The van der Waals surface area contributed by atoms with E-state index < -0.39 is 0 Å². The van der Waals surface area contributed by atoms with Crippen molar-refractivity contribution >= 4 is 28.5 Å². The fourth-order valence-electron chi connectivity index (χ4n) is 0.953. The molecule has 0 unspecified atom stereocenters. The molecule has 0 N–H and O–H groups in total. The van der Waals surface area contributed by atoms with Crippen LogP contribution in [0.5, 0.6) is 5.75 Å². The molecule has 0 spiro atoms. The topological polar surface area (TPSA) is 43.4 Å². The standard InChI is InChI=1S/C9H7BrO3/c1-13-7-2-6(4-11)8(5-12)9(10)3-7/h2-5H,1H3. The van der Waals surface area contributed by atoms with E-state index >= 15 is 0 Å². The summed E-state index contributed by atoms with van der Waals surface area (Å²) in [6.45, 7) is 0. The summed E-state index contributed by atoms with van der Waals surface area (Å²) >= 11 is 3.17. The van der Waals surface area contributed by atoms with Gasteiger partial charge in [0.05, 0.1) is 7.11 Å². The molecule has 1 aromatic carbocycles. The molecule has 0 radical (unpaired) electrons. The number of benzene rings is 1. The molecule has 0 saturated carbocycles. The van der Waals surface area contributed by atoms with Crippen molar-refractivity contribution in [1.82, 2.24) is 0 Å². The Morgan fingerprint density at radius 3 is 2.46 bits per heavy atom. The molecule has 13 heavy (non-hydrogen) atoms. The van der Waals surface area contributed by atoms with Gasteiger partial charge in [-0.05, 0) is 28.1 Å². The molecule has 0 atom stereocenters. The fraction of sp³-hybridized carbons (Fsp3) is 0.111. The second-order valence-corrected chi connectivity index (χ2v) is 3.20. The maximum atomic E-state index is 10.6. The lowest BCUT2D eigenvalue weighted by atomic mass is 10.1. The minimum absolute atomic E-state index is 0.321. The van der Waals surface area contributed by atoms with Crippen LogP contribution in [-0.4, -0.2) is 19.7 Å². The molecule has 1 rings (SSSR count). The first kappa shape index (κ1) is 9.92. The number of hydrogen-bond acceptors (Lipinski definition) is 3. The molecule has 3 nitrogen and oxygen atoms in total. The predicted molar refractivity (Wildman–Crippen MR) is 51.5 cm³/mol. The Labute approximate surface area is 83.8 Å². The van der Waals surface area contributed by atoms with Crippen LogP contribution >= 0.6 is 15.9 Å². The first-order valence-corrected chi connectivity index (χ1v) is 4.30. The number of hydrogen-bond donors (Lipinski definition) is 0. The largest absolute Gasteiger partial charge is 0.497 e. The Kier molecular flexibility index (Phi) is 3.19. The highest BCUT2D eigenvalue weighted by atomic mass is 79.9. The molecular formula is C9H7BrO3. The number of carbonyl (C=O) groups is 2. The maximum absolute atomic E-state index is 10.6. The Bertz CT molecular complexity index is 347. The minimum atomic E-state index is 0.321. The quantitative estimate of drug-likeness (QED) is 0.763. The van der Waals surface area contributed by atoms with Crippen molar-refractivity contribution in [1.29, 1.82) is 0 Å². The van der Waals surface area contributed by atoms with E-state index in [9.17, 15) is 9.59 Å². The molecule has 0 aliphatic heterocycles. The number of aldehydes is 2. The van der Waals surface area contributed by atoms with Crippen LogP contribution in [0.3, 0.4) is 0 Å². The van der Waals surface area contributed by atoms with Gasteiger partial charge in [-0.15, -0.1) is 0 Å². The van der Waals surface area contributed by atoms with Crippen LogP contribution in [0, 0.1) is 0 Å². The zero-order valence-corrected chi connectivity index (χ0v) is 8.50. The molecule has 0 bridgehead atoms. The summed E-state index contributed by atoms with van der Waals surface area (Å²) < 4.78 is 5.49. The monoisotopic (exact) mass is 242 g/mol. The lowest BCUT2D eigenvalue weighted by molar-refractivity contribution is 0.109. The average molecular weight is 243 g/mol. The van der Waals surface area contributed by atoms with Crippen molar-refractivity contribution in [3.8, 4) is 5.75 Å². The van der Waals surface area contributed by atoms with E-state index in [1.54, 1.807) is 6.07 Å². The molecule has 1 aromatic rings. The van der Waals surface area contributed by atoms with Crippen LogP contribution < -0.4 is 4.74 Å². The van der Waals surface area contributed by atoms with E-state index in [-0.39, 0.29) is 0 Å². The smallest absolute Gasteiger partial charge is 0.151 e. The van der Waals surface area contributed by atoms with E-state index in [4.69, 9.17) is 4.74 Å². The third-order valence-electron chi connectivity index (χ3n) is 1.62. The summed E-state index contributed by atoms with van der Waals surface area (Å²) in [6, 6.07) is 3.15. The highest BCUT2D eigenvalue weighted by Crippen LogP contribution is 2.24. The SMILES string of the molecule is COc1cc(Br)c(C=O)c(C=O)c1. The molecule has 0 amide bonds. The Morgan fingerprint density at radius 1 is 1.31 bits per heavy atom. The number of methoxy groups -OCH3 is 1. The van der Waals surface area contributed by atoms with Gasteiger partial charge in [0.2, 0.25) is 0 Å². The van der Waals surface area contributed by atoms with Gasteiger partial charge in [-0.25, -0.2) is 0 Å². The summed E-state index contributed by atoms with van der Waals surface area (Å²) in [4.78, 5) is 21.1. The first-order valence-electron chi connectivity index (χ1n) is 3.50. The van der Waals surface area contributed by atoms with Gasteiger partial charge >= 0.3 is 0 Å². The third-order valence-corrected chi connectivity index (χ3v) is 2.27. The van der Waals surface area contributed by atoms with Crippen molar-refractivity contribution in [3.05, 3.63) is 27.7 Å². The molecule has 0 heterocycles. The molecular weight excluding hydrogens is 236 g/mol. The van der Waals surface area contributed by atoms with Crippen molar-refractivity contribution in [3.63, 3.8) is 0 Å². The van der Waals surface area contributed by atoms with Crippen LogP contribution in [0.2, 0.25) is 0 Å². The van der Waals surface area contributed by atoms with Crippen molar-refractivity contribution in [2.75, 3.05) is 7.11 Å². The predicted octanol–water partition coefficient (Wildman–Crippen LogP) is 2.08. The van der Waals surface area contributed by atoms with E-state index in [0.717, 1.165) is 0 Å². The second kappa shape index (κ2) is 4.18. The van der Waals surface area contributed by atoms with Gasteiger partial charge < -0.3 is 4.74 Å². The maximum Gasteiger partial charge on any atom is 0.151 e. The van der Waals surface area contributed by atoms with Crippen LogP contribution in [0.25, 0.3) is 0 Å². The average Bonchev–Trinajstić information content (AvgIpc) is 2.16. The van der Waals surface area contributed by atoms with Gasteiger partial charge in [-0.1, -0.05) is 0 Å². The molecule has 0 aliphatic carbocycles. The summed E-state index contributed by atoms with van der Waals surface area (Å²) in [7, 11) is 1.50. The molecule has 0 fully saturated rings. The zero-order chi connectivity index (χ0) is 9.84. The molecule has 68 valence electrons. The van der Waals surface area contributed by atoms with Crippen LogP contribution in [-0.2, 0) is 0 Å². The third kappa shape index (κ3) is 1.95. The summed E-state index contributed by atoms with van der Waals surface area (Å²) in [6.07, 6.45) is 1.25. The van der Waals surface area contributed by atoms with E-state index in [0.29, 0.717) is 33.9 Å². The Morgan fingerprint density at radius 2 is 2.00 bits per heavy atom. The van der Waals surface area contributed by atoms with E-state index in [1.807, 2.05) is 0 Å². The van der Waals surface area contributed by atoms with Gasteiger partial charge in [0.15, 0.2) is 12.6 Å². The normalized spacial score (nSPS) is 9.38. The zero-order valence-electron chi connectivity index (χ0n) is 6.91. The summed E-state index contributed by atoms with van der Waals surface area (Å²) in [5, 5.41) is 0. The molecule has 0 saturated heterocycles. The van der Waals surface area contributed by atoms with Gasteiger partial charge in [0.25, 0.3) is 0 Å². The van der Waals surface area contributed by atoms with Crippen LogP contribution in [0.15, 0.2) is 16.6 Å². The van der Waals surface area contributed by atoms with Crippen LogP contribution in [0.4, 0.5) is 0 Å². The first-order chi connectivity index (χ1) is 6.22. The number of halogens is 1. The molecule has 0 aromatic heterocycles. The summed E-state index contributed by atoms with van der Waals surface area (Å²) in [5.74, 6) is 0.541. The van der Waals surface area contributed by atoms with E-state index in [2.05, 4.69) is 15.9 Å². The van der Waals surface area contributed by atoms with Gasteiger partial charge in [0, 0.05) is 15.6 Å². The van der Waals surface area contributed by atoms with Gasteiger partial charge in [-0.3, -0.25) is 9.59 Å². The minimum Gasteiger partial charge on any atom is -0.497 e. The molecule has 4 heteroatoms. The van der Waals surface area contributed by atoms with Crippen molar-refractivity contribution < 1.29 is 14.3 Å². The number of rotatable bonds is 3. The van der Waals surface area contributed by atoms with Crippen molar-refractivity contribution in [2.24, 2.45) is 0 Å². The lowest BCUT2D eigenvalue weighted by Gasteiger charge is -2.04. The van der Waals surface area contributed by atoms with Crippen LogP contribution in [0.1, 0.15) is 20.7 Å². The van der Waals surface area contributed by atoms with Gasteiger partial charge in [0.1, 0.15) is 5.75 Å². The van der Waals surface area contributed by atoms with Crippen molar-refractivity contribution in [2.45, 2.75) is 0 Å². The lowest BCUT2D eigenvalue weighted by Crippen LogP contribution is -1.94. The summed E-state index contributed by atoms with van der Waals surface area (Å²) in [5.41, 5.74) is 0.664. The Hall–Kier alpha value is -1.16. The number of ether oxygens (including phenoxy) is 1. The number of carbonyl (C=O) groups excluding carboxylic acids is 2. The Balaban J connectivity index is 3.36. The van der Waals surface area contributed by atoms with E-state index in [1.165, 1.54) is 13.2 Å². The highest BCUT2D eigenvalue weighted by Gasteiger charge is 2.07. The molecule has 0 aliphatic rings. The fourth-order valence-corrected chi connectivity index (χ4v) is 1.50.